The molecule has 3 aromatic rings. The third-order valence-corrected chi connectivity index (χ3v) is 3.96. The van der Waals surface area contributed by atoms with Crippen LogP contribution in [-0.4, -0.2) is 21.9 Å². The van der Waals surface area contributed by atoms with Crippen LogP contribution < -0.4 is 4.74 Å². The van der Waals surface area contributed by atoms with Crippen molar-refractivity contribution in [2.75, 3.05) is 7.11 Å². The molecule has 2 heterocycles. The Kier molecular flexibility index (Phi) is 4.46. The number of pyridine rings is 1. The van der Waals surface area contributed by atoms with Gasteiger partial charge in [-0.1, -0.05) is 6.92 Å². The van der Waals surface area contributed by atoms with Gasteiger partial charge in [-0.25, -0.2) is 18.4 Å². The van der Waals surface area contributed by atoms with E-state index in [0.717, 1.165) is 12.0 Å². The molecule has 126 valence electrons. The molecule has 0 radical (unpaired) electrons. The molecular formula is C18H19F2N3O. The van der Waals surface area contributed by atoms with Crippen LogP contribution in [0.25, 0.3) is 22.3 Å². The number of aryl methyl sites for hydroxylation is 2. The molecule has 0 unspecified atom stereocenters. The van der Waals surface area contributed by atoms with Crippen molar-refractivity contribution in [3.63, 3.8) is 0 Å². The summed E-state index contributed by atoms with van der Waals surface area (Å²) in [4.78, 5) is 4.61. The molecule has 0 aliphatic carbocycles. The topological polar surface area (TPSA) is 39.9 Å². The molecule has 3 rings (SSSR count). The predicted octanol–water partition coefficient (Wildman–Crippen LogP) is 4.76. The van der Waals surface area contributed by atoms with E-state index in [-0.39, 0.29) is 5.56 Å². The van der Waals surface area contributed by atoms with Gasteiger partial charge in [0.15, 0.2) is 5.65 Å². The summed E-state index contributed by atoms with van der Waals surface area (Å²) in [6.07, 6.45) is -1.72. The fraction of sp³-hybridized carbons (Fsp3) is 0.333. The minimum absolute atomic E-state index is 0.0225. The Hall–Kier alpha value is -2.50. The van der Waals surface area contributed by atoms with Crippen molar-refractivity contribution in [1.29, 1.82) is 0 Å². The second-order valence-electron chi connectivity index (χ2n) is 5.63. The van der Waals surface area contributed by atoms with E-state index in [0.29, 0.717) is 34.7 Å². The minimum Gasteiger partial charge on any atom is -0.497 e. The van der Waals surface area contributed by atoms with Gasteiger partial charge >= 0.3 is 0 Å². The Morgan fingerprint density at radius 2 is 1.92 bits per heavy atom. The number of benzene rings is 1. The number of methoxy groups -OCH3 is 1. The summed E-state index contributed by atoms with van der Waals surface area (Å²) < 4.78 is 34.1. The summed E-state index contributed by atoms with van der Waals surface area (Å²) in [5, 5.41) is 4.84. The highest BCUT2D eigenvalue weighted by molar-refractivity contribution is 5.85. The molecule has 0 fully saturated rings. The zero-order valence-corrected chi connectivity index (χ0v) is 13.9. The molecule has 24 heavy (non-hydrogen) atoms. The van der Waals surface area contributed by atoms with Gasteiger partial charge in [0.2, 0.25) is 0 Å². The maximum atomic E-state index is 13.6. The van der Waals surface area contributed by atoms with Crippen molar-refractivity contribution in [1.82, 2.24) is 14.8 Å². The van der Waals surface area contributed by atoms with Crippen LogP contribution in [0.15, 0.2) is 30.3 Å². The molecule has 0 N–H and O–H groups in total. The van der Waals surface area contributed by atoms with Crippen LogP contribution in [-0.2, 0) is 6.54 Å². The van der Waals surface area contributed by atoms with E-state index in [1.807, 2.05) is 19.1 Å². The van der Waals surface area contributed by atoms with E-state index in [4.69, 9.17) is 4.74 Å². The molecule has 0 saturated carbocycles. The lowest BCUT2D eigenvalue weighted by Gasteiger charge is -2.09. The third-order valence-electron chi connectivity index (χ3n) is 3.96. The maximum absolute atomic E-state index is 13.6. The second kappa shape index (κ2) is 6.55. The number of fused-ring (bicyclic) bond motifs is 1. The summed E-state index contributed by atoms with van der Waals surface area (Å²) in [5.41, 5.74) is 2.35. The summed E-state index contributed by atoms with van der Waals surface area (Å²) in [7, 11) is 1.58. The molecule has 6 heteroatoms. The summed E-state index contributed by atoms with van der Waals surface area (Å²) in [5.74, 6) is 0.709. The van der Waals surface area contributed by atoms with Crippen LogP contribution in [0.5, 0.6) is 5.75 Å². The van der Waals surface area contributed by atoms with Crippen LogP contribution in [0, 0.1) is 6.92 Å². The predicted molar refractivity (Wildman–Crippen MR) is 89.5 cm³/mol. The summed E-state index contributed by atoms with van der Waals surface area (Å²) >= 11 is 0. The minimum atomic E-state index is -2.58. The van der Waals surface area contributed by atoms with Gasteiger partial charge in [0.05, 0.1) is 23.9 Å². The Morgan fingerprint density at radius 3 is 2.50 bits per heavy atom. The number of hydrogen-bond donors (Lipinski definition) is 0. The van der Waals surface area contributed by atoms with Crippen molar-refractivity contribution >= 4 is 11.0 Å². The van der Waals surface area contributed by atoms with E-state index in [9.17, 15) is 8.78 Å². The van der Waals surface area contributed by atoms with Crippen molar-refractivity contribution in [3.05, 3.63) is 41.6 Å². The normalized spacial score (nSPS) is 11.4. The highest BCUT2D eigenvalue weighted by atomic mass is 19.3. The molecular weight excluding hydrogens is 312 g/mol. The van der Waals surface area contributed by atoms with Gasteiger partial charge in [-0.3, -0.25) is 0 Å². The average Bonchev–Trinajstić information content (AvgIpc) is 2.90. The van der Waals surface area contributed by atoms with Gasteiger partial charge < -0.3 is 4.74 Å². The molecule has 0 aliphatic heterocycles. The molecule has 0 aliphatic rings. The number of hydrogen-bond acceptors (Lipinski definition) is 3. The van der Waals surface area contributed by atoms with Crippen LogP contribution >= 0.6 is 0 Å². The number of ether oxygens (including phenoxy) is 1. The van der Waals surface area contributed by atoms with Gasteiger partial charge in [-0.2, -0.15) is 5.10 Å². The maximum Gasteiger partial charge on any atom is 0.264 e. The molecule has 0 atom stereocenters. The molecule has 2 aromatic heterocycles. The van der Waals surface area contributed by atoms with Crippen LogP contribution in [0.1, 0.15) is 31.0 Å². The number of halogens is 2. The Labute approximate surface area is 139 Å². The van der Waals surface area contributed by atoms with E-state index < -0.39 is 6.43 Å². The number of nitrogens with zero attached hydrogens (tertiary/aromatic N) is 3. The zero-order chi connectivity index (χ0) is 17.3. The van der Waals surface area contributed by atoms with Crippen LogP contribution in [0.2, 0.25) is 0 Å². The van der Waals surface area contributed by atoms with Crippen molar-refractivity contribution < 1.29 is 13.5 Å². The highest BCUT2D eigenvalue weighted by Crippen LogP contribution is 2.33. The SMILES string of the molecule is CCCn1nc(C)c2c(C(F)F)cc(-c3ccc(OC)cc3)nc21. The molecule has 0 saturated heterocycles. The quantitative estimate of drug-likeness (QED) is 0.676. The van der Waals surface area contributed by atoms with E-state index >= 15 is 0 Å². The number of alkyl halides is 2. The largest absolute Gasteiger partial charge is 0.497 e. The lowest BCUT2D eigenvalue weighted by atomic mass is 10.1. The lowest BCUT2D eigenvalue weighted by Crippen LogP contribution is -2.01. The number of aromatic nitrogens is 3. The smallest absolute Gasteiger partial charge is 0.264 e. The first-order chi connectivity index (χ1) is 11.5. The average molecular weight is 331 g/mol. The van der Waals surface area contributed by atoms with Crippen LogP contribution in [0.3, 0.4) is 0 Å². The Morgan fingerprint density at radius 1 is 1.21 bits per heavy atom. The molecule has 0 spiro atoms. The van der Waals surface area contributed by atoms with Gasteiger partial charge in [0.1, 0.15) is 5.75 Å². The lowest BCUT2D eigenvalue weighted by molar-refractivity contribution is 0.153. The van der Waals surface area contributed by atoms with E-state index in [1.54, 1.807) is 30.8 Å². The first-order valence-corrected chi connectivity index (χ1v) is 7.85. The van der Waals surface area contributed by atoms with E-state index in [2.05, 4.69) is 10.1 Å². The van der Waals surface area contributed by atoms with Gasteiger partial charge in [0.25, 0.3) is 6.43 Å². The number of rotatable bonds is 5. The molecule has 4 nitrogen and oxygen atoms in total. The molecule has 0 amide bonds. The fourth-order valence-electron chi connectivity index (χ4n) is 2.84. The molecule has 0 bridgehead atoms. The van der Waals surface area contributed by atoms with Crippen molar-refractivity contribution in [2.24, 2.45) is 0 Å². The first kappa shape index (κ1) is 16.4. The summed E-state index contributed by atoms with van der Waals surface area (Å²) in [6, 6.07) is 8.67. The summed E-state index contributed by atoms with van der Waals surface area (Å²) in [6.45, 7) is 4.41. The zero-order valence-electron chi connectivity index (χ0n) is 13.9. The van der Waals surface area contributed by atoms with Gasteiger partial charge in [-0.05, 0) is 43.7 Å². The van der Waals surface area contributed by atoms with Gasteiger partial charge in [0, 0.05) is 17.7 Å². The molecule has 1 aromatic carbocycles. The van der Waals surface area contributed by atoms with Crippen LogP contribution in [0.4, 0.5) is 8.78 Å². The van der Waals surface area contributed by atoms with Crippen molar-refractivity contribution in [3.8, 4) is 17.0 Å². The Balaban J connectivity index is 2.22. The standard InChI is InChI=1S/C18H19F2N3O/c1-4-9-23-18-16(11(2)22-23)14(17(19)20)10-15(21-18)12-5-7-13(24-3)8-6-12/h5-8,10,17H,4,9H2,1-3H3. The third kappa shape index (κ3) is 2.84. The second-order valence-corrected chi connectivity index (χ2v) is 5.63. The monoisotopic (exact) mass is 331 g/mol. The van der Waals surface area contributed by atoms with E-state index in [1.165, 1.54) is 6.07 Å². The Bertz CT molecular complexity index is 857. The highest BCUT2D eigenvalue weighted by Gasteiger charge is 2.20. The van der Waals surface area contributed by atoms with Crippen molar-refractivity contribution in [2.45, 2.75) is 33.2 Å². The first-order valence-electron chi connectivity index (χ1n) is 7.85. The van der Waals surface area contributed by atoms with Gasteiger partial charge in [-0.15, -0.1) is 0 Å². The fourth-order valence-corrected chi connectivity index (χ4v) is 2.84.